The molecule has 0 atom stereocenters. The highest BCUT2D eigenvalue weighted by Gasteiger charge is 2.15. The third-order valence-corrected chi connectivity index (χ3v) is 4.59. The number of amides is 1. The van der Waals surface area contributed by atoms with E-state index in [1.54, 1.807) is 12.3 Å². The van der Waals surface area contributed by atoms with Crippen LogP contribution in [0.4, 0.5) is 0 Å². The van der Waals surface area contributed by atoms with Gasteiger partial charge in [-0.05, 0) is 37.9 Å². The number of aromatic nitrogens is 1. The summed E-state index contributed by atoms with van der Waals surface area (Å²) in [5.74, 6) is -0.0815. The predicted molar refractivity (Wildman–Crippen MR) is 100 cm³/mol. The number of nitrogens with one attached hydrogen (secondary N) is 1. The fourth-order valence-corrected chi connectivity index (χ4v) is 3.14. The number of nitrogens with zero attached hydrogens (tertiary/aromatic N) is 2. The van der Waals surface area contributed by atoms with Gasteiger partial charge in [0.1, 0.15) is 0 Å². The summed E-state index contributed by atoms with van der Waals surface area (Å²) in [7, 11) is 0. The molecule has 1 aliphatic heterocycles. The van der Waals surface area contributed by atoms with Crippen LogP contribution in [0.1, 0.15) is 24.8 Å². The highest BCUT2D eigenvalue weighted by Crippen LogP contribution is 2.17. The minimum absolute atomic E-state index is 0.0815. The molecule has 5 nitrogen and oxygen atoms in total. The van der Waals surface area contributed by atoms with Crippen LogP contribution < -0.4 is 5.32 Å². The first-order valence-corrected chi connectivity index (χ1v) is 8.92. The van der Waals surface area contributed by atoms with Crippen molar-refractivity contribution in [3.8, 4) is 0 Å². The van der Waals surface area contributed by atoms with E-state index in [2.05, 4.69) is 15.2 Å². The van der Waals surface area contributed by atoms with Crippen molar-refractivity contribution >= 4 is 22.9 Å². The molecule has 1 aromatic heterocycles. The zero-order chi connectivity index (χ0) is 17.5. The van der Waals surface area contributed by atoms with Crippen molar-refractivity contribution in [1.82, 2.24) is 15.2 Å². The van der Waals surface area contributed by atoms with Gasteiger partial charge in [0.05, 0.1) is 11.6 Å². The molecule has 132 valence electrons. The molecule has 2 aromatic rings. The number of rotatable bonds is 6. The third-order valence-electron chi connectivity index (χ3n) is 4.59. The van der Waals surface area contributed by atoms with Gasteiger partial charge in [0.2, 0.25) is 5.91 Å². The zero-order valence-electron chi connectivity index (χ0n) is 14.4. The first-order chi connectivity index (χ1) is 12.2. The van der Waals surface area contributed by atoms with E-state index in [1.165, 1.54) is 0 Å². The summed E-state index contributed by atoms with van der Waals surface area (Å²) >= 11 is 0. The lowest BCUT2D eigenvalue weighted by molar-refractivity contribution is -0.116. The van der Waals surface area contributed by atoms with Crippen molar-refractivity contribution < 1.29 is 9.90 Å². The highest BCUT2D eigenvalue weighted by atomic mass is 16.3. The Labute approximate surface area is 148 Å². The van der Waals surface area contributed by atoms with Crippen molar-refractivity contribution in [3.05, 3.63) is 48.2 Å². The van der Waals surface area contributed by atoms with Crippen molar-refractivity contribution in [1.29, 1.82) is 0 Å². The van der Waals surface area contributed by atoms with Gasteiger partial charge in [0, 0.05) is 42.9 Å². The summed E-state index contributed by atoms with van der Waals surface area (Å²) in [4.78, 5) is 18.7. The fourth-order valence-electron chi connectivity index (χ4n) is 3.14. The molecule has 0 spiro atoms. The number of piperidine rings is 1. The lowest BCUT2D eigenvalue weighted by Gasteiger charge is -2.29. The maximum absolute atomic E-state index is 12.0. The molecule has 2 N–H and O–H groups in total. The summed E-state index contributed by atoms with van der Waals surface area (Å²) < 4.78 is 0. The molecule has 5 heteroatoms. The number of benzene rings is 1. The molecule has 25 heavy (non-hydrogen) atoms. The van der Waals surface area contributed by atoms with E-state index in [0.29, 0.717) is 6.54 Å². The number of para-hydroxylation sites is 1. The molecular weight excluding hydrogens is 314 g/mol. The van der Waals surface area contributed by atoms with Crippen LogP contribution in [0.15, 0.2) is 42.6 Å². The van der Waals surface area contributed by atoms with Gasteiger partial charge in [-0.15, -0.1) is 0 Å². The molecule has 1 fully saturated rings. The van der Waals surface area contributed by atoms with Crippen LogP contribution in [-0.4, -0.2) is 53.2 Å². The Hall–Kier alpha value is -2.24. The number of hydrogen-bond acceptors (Lipinski definition) is 4. The smallest absolute Gasteiger partial charge is 0.244 e. The minimum atomic E-state index is -0.135. The van der Waals surface area contributed by atoms with Crippen LogP contribution >= 0.6 is 0 Å². The molecule has 2 heterocycles. The summed E-state index contributed by atoms with van der Waals surface area (Å²) in [5.41, 5.74) is 1.85. The Balaban J connectivity index is 1.43. The number of hydrogen-bond donors (Lipinski definition) is 2. The van der Waals surface area contributed by atoms with Crippen LogP contribution in [0.2, 0.25) is 0 Å². The molecule has 0 radical (unpaired) electrons. The van der Waals surface area contributed by atoms with E-state index in [-0.39, 0.29) is 12.0 Å². The largest absolute Gasteiger partial charge is 0.393 e. The number of aliphatic hydroxyl groups is 1. The predicted octanol–water partition coefficient (Wildman–Crippen LogP) is 2.21. The Morgan fingerprint density at radius 2 is 2.08 bits per heavy atom. The maximum Gasteiger partial charge on any atom is 0.244 e. The molecule has 0 bridgehead atoms. The topological polar surface area (TPSA) is 65.5 Å². The molecule has 0 saturated carbocycles. The summed E-state index contributed by atoms with van der Waals surface area (Å²) in [6.45, 7) is 3.52. The quantitative estimate of drug-likeness (QED) is 0.626. The van der Waals surface area contributed by atoms with E-state index in [4.69, 9.17) is 0 Å². The Morgan fingerprint density at radius 1 is 1.28 bits per heavy atom. The monoisotopic (exact) mass is 339 g/mol. The number of carbonyl (C=O) groups excluding carboxylic acids is 1. The van der Waals surface area contributed by atoms with Crippen LogP contribution in [0.25, 0.3) is 17.0 Å². The van der Waals surface area contributed by atoms with E-state index < -0.39 is 0 Å². The van der Waals surface area contributed by atoms with Crippen LogP contribution in [0.3, 0.4) is 0 Å². The van der Waals surface area contributed by atoms with Crippen molar-refractivity contribution in [2.24, 2.45) is 0 Å². The average molecular weight is 339 g/mol. The second-order valence-electron chi connectivity index (χ2n) is 6.47. The minimum Gasteiger partial charge on any atom is -0.393 e. The van der Waals surface area contributed by atoms with E-state index in [9.17, 15) is 9.90 Å². The van der Waals surface area contributed by atoms with Crippen LogP contribution in [0, 0.1) is 0 Å². The molecule has 0 aliphatic carbocycles. The molecule has 1 aromatic carbocycles. The van der Waals surface area contributed by atoms with Gasteiger partial charge in [-0.25, -0.2) is 0 Å². The third kappa shape index (κ3) is 5.11. The fraction of sp³-hybridized carbons (Fsp3) is 0.400. The summed E-state index contributed by atoms with van der Waals surface area (Å²) in [6.07, 6.45) is 7.65. The average Bonchev–Trinajstić information content (AvgIpc) is 2.65. The van der Waals surface area contributed by atoms with Gasteiger partial charge in [-0.1, -0.05) is 24.3 Å². The van der Waals surface area contributed by atoms with Crippen molar-refractivity contribution in [2.45, 2.75) is 25.4 Å². The molecule has 1 saturated heterocycles. The highest BCUT2D eigenvalue weighted by molar-refractivity contribution is 5.95. The Kier molecular flexibility index (Phi) is 6.14. The molecule has 0 unspecified atom stereocenters. The lowest BCUT2D eigenvalue weighted by atomic mass is 10.1. The zero-order valence-corrected chi connectivity index (χ0v) is 14.4. The number of aliphatic hydroxyl groups excluding tert-OH is 1. The number of fused-ring (bicyclic) bond motifs is 1. The van der Waals surface area contributed by atoms with E-state index in [0.717, 1.165) is 55.4 Å². The standard InChI is InChI=1S/C20H25N3O2/c24-18-9-14-23(15-10-18)13-3-12-21-19(25)8-7-17-5-1-4-16-6-2-11-22-20(16)17/h1-2,4-8,11,18,24H,3,9-10,12-15H2,(H,21,25). The molecular formula is C20H25N3O2. The first kappa shape index (κ1) is 17.6. The van der Waals surface area contributed by atoms with Gasteiger partial charge >= 0.3 is 0 Å². The van der Waals surface area contributed by atoms with Gasteiger partial charge in [-0.2, -0.15) is 0 Å². The van der Waals surface area contributed by atoms with Gasteiger partial charge in [-0.3, -0.25) is 9.78 Å². The Bertz CT molecular complexity index is 731. The van der Waals surface area contributed by atoms with Crippen LogP contribution in [-0.2, 0) is 4.79 Å². The lowest BCUT2D eigenvalue weighted by Crippen LogP contribution is -2.37. The molecule has 1 amide bonds. The van der Waals surface area contributed by atoms with Gasteiger partial charge < -0.3 is 15.3 Å². The Morgan fingerprint density at radius 3 is 2.92 bits per heavy atom. The molecule has 3 rings (SSSR count). The number of pyridine rings is 1. The van der Waals surface area contributed by atoms with E-state index >= 15 is 0 Å². The van der Waals surface area contributed by atoms with Crippen molar-refractivity contribution in [3.63, 3.8) is 0 Å². The van der Waals surface area contributed by atoms with Gasteiger partial charge in [0.15, 0.2) is 0 Å². The SMILES string of the molecule is O=C(C=Cc1cccc2cccnc12)NCCCN1CCC(O)CC1. The summed E-state index contributed by atoms with van der Waals surface area (Å²) in [6, 6.07) is 9.87. The molecule has 1 aliphatic rings. The number of carbonyl (C=O) groups is 1. The maximum atomic E-state index is 12.0. The van der Waals surface area contributed by atoms with Gasteiger partial charge in [0.25, 0.3) is 0 Å². The first-order valence-electron chi connectivity index (χ1n) is 8.92. The second-order valence-corrected chi connectivity index (χ2v) is 6.47. The summed E-state index contributed by atoms with van der Waals surface area (Å²) in [5, 5.41) is 13.5. The normalized spacial score (nSPS) is 16.5. The van der Waals surface area contributed by atoms with Crippen LogP contribution in [0.5, 0.6) is 0 Å². The van der Waals surface area contributed by atoms with E-state index in [1.807, 2.05) is 36.4 Å². The second kappa shape index (κ2) is 8.74. The number of likely N-dealkylation sites (tertiary alicyclic amines) is 1. The van der Waals surface area contributed by atoms with Crippen molar-refractivity contribution in [2.75, 3.05) is 26.2 Å².